The quantitative estimate of drug-likeness (QED) is 0.127. The molecule has 1 aliphatic rings. The number of H-pyrrole nitrogens is 1. The number of nitrogens with one attached hydrogen (secondary N) is 1. The molecule has 15 heteroatoms. The number of imidazole rings is 2. The maximum atomic E-state index is 13.0. The summed E-state index contributed by atoms with van der Waals surface area (Å²) in [6.07, 6.45) is 1.62. The second kappa shape index (κ2) is 15.7. The molecule has 2 aromatic carbocycles. The summed E-state index contributed by atoms with van der Waals surface area (Å²) >= 11 is 3.26. The van der Waals surface area contributed by atoms with Gasteiger partial charge in [-0.3, -0.25) is 4.57 Å². The lowest BCUT2D eigenvalue weighted by atomic mass is 10.1. The first-order valence-electron chi connectivity index (χ1n) is 17.7. The number of esters is 2. The Morgan fingerprint density at radius 2 is 1.46 bits per heavy atom. The third-order valence-electron chi connectivity index (χ3n) is 9.24. The second-order valence-electron chi connectivity index (χ2n) is 13.2. The first-order valence-corrected chi connectivity index (χ1v) is 19.4. The van der Waals surface area contributed by atoms with Gasteiger partial charge in [0, 0.05) is 27.3 Å². The van der Waals surface area contributed by atoms with E-state index in [2.05, 4.69) is 31.0 Å². The molecule has 8 aromatic rings. The fourth-order valence-electron chi connectivity index (χ4n) is 6.40. The van der Waals surface area contributed by atoms with Gasteiger partial charge >= 0.3 is 11.9 Å². The molecule has 0 amide bonds. The molecule has 13 nitrogen and oxygen atoms in total. The van der Waals surface area contributed by atoms with Gasteiger partial charge in [-0.05, 0) is 73.1 Å². The summed E-state index contributed by atoms with van der Waals surface area (Å²) in [6, 6.07) is 26.0. The number of hydrogen-bond donors (Lipinski definition) is 3. The molecular weight excluding hydrogens is 749 g/mol. The van der Waals surface area contributed by atoms with Crippen LogP contribution in [0.4, 0.5) is 11.6 Å². The number of nitrogens with zero attached hydrogens (tertiary/aromatic N) is 5. The summed E-state index contributed by atoms with van der Waals surface area (Å²) < 4.78 is 19.7. The average Bonchev–Trinajstić information content (AvgIpc) is 4.05. The molecule has 1 saturated heterocycles. The Bertz CT molecular complexity index is 2620. The van der Waals surface area contributed by atoms with Crippen molar-refractivity contribution in [3.63, 3.8) is 0 Å². The maximum absolute atomic E-state index is 13.0. The molecule has 1 fully saturated rings. The minimum Gasteiger partial charge on any atom is -0.459 e. The summed E-state index contributed by atoms with van der Waals surface area (Å²) in [7, 11) is 0. The van der Waals surface area contributed by atoms with Crippen LogP contribution in [0.2, 0.25) is 0 Å². The van der Waals surface area contributed by atoms with Crippen molar-refractivity contribution in [2.45, 2.75) is 38.7 Å². The molecule has 6 aromatic heterocycles. The minimum absolute atomic E-state index is 0.0995. The first kappa shape index (κ1) is 36.6. The monoisotopic (exact) mass is 784 g/mol. The summed E-state index contributed by atoms with van der Waals surface area (Å²) in [5, 5.41) is 4.03. The maximum Gasteiger partial charge on any atom is 0.338 e. The number of nitrogen functional groups attached to an aromatic ring is 2. The number of benzene rings is 2. The Kier molecular flexibility index (Phi) is 10.3. The third-order valence-corrected chi connectivity index (χ3v) is 11.0. The van der Waals surface area contributed by atoms with Gasteiger partial charge in [-0.1, -0.05) is 47.5 Å². The zero-order chi connectivity index (χ0) is 38.8. The van der Waals surface area contributed by atoms with E-state index in [1.807, 2.05) is 73.1 Å². The topological polar surface area (TPSA) is 186 Å². The fourth-order valence-corrected chi connectivity index (χ4v) is 7.89. The van der Waals surface area contributed by atoms with Gasteiger partial charge in [-0.25, -0.2) is 29.5 Å². The van der Waals surface area contributed by atoms with E-state index < -0.39 is 30.4 Å². The molecule has 9 rings (SSSR count). The lowest BCUT2D eigenvalue weighted by Crippen LogP contribution is -2.32. The number of thiophene rings is 2. The number of aromatic amines is 1. The largest absolute Gasteiger partial charge is 0.459 e. The van der Waals surface area contributed by atoms with Crippen LogP contribution in [0, 0.1) is 13.8 Å². The van der Waals surface area contributed by atoms with Crippen molar-refractivity contribution in [1.29, 1.82) is 0 Å². The van der Waals surface area contributed by atoms with Crippen LogP contribution in [0.25, 0.3) is 43.2 Å². The molecule has 282 valence electrons. The molecule has 0 saturated carbocycles. The highest BCUT2D eigenvalue weighted by Gasteiger charge is 2.41. The van der Waals surface area contributed by atoms with Gasteiger partial charge < -0.3 is 30.7 Å². The molecule has 7 heterocycles. The zero-order valence-corrected chi connectivity index (χ0v) is 31.9. The van der Waals surface area contributed by atoms with Crippen molar-refractivity contribution in [3.8, 4) is 20.9 Å². The Morgan fingerprint density at radius 3 is 2.12 bits per heavy atom. The Morgan fingerprint density at radius 1 is 0.839 bits per heavy atom. The highest BCUT2D eigenvalue weighted by atomic mass is 32.1. The van der Waals surface area contributed by atoms with Gasteiger partial charge in [0.2, 0.25) is 0 Å². The van der Waals surface area contributed by atoms with E-state index >= 15 is 0 Å². The van der Waals surface area contributed by atoms with Crippen LogP contribution >= 0.6 is 22.7 Å². The SMILES string of the molecule is Cc1ccc(C(=O)OC[C@H]2O[C@@H](n3cnc4c(-c5cccs5)cc(N)nc43)C[C@H]2OC(=O)c2ccc(C)cc2)cc1.Nc1cc(-c2cccs2)c2[nH]cnc2n1. The standard InChI is InChI=1S/C31H28N4O5S.C10H8N4S/c1-18-5-9-20(10-6-18)30(36)38-16-24-23(40-31(37)21-11-7-19(2)8-12-21)15-27(39-24)35-17-33-28-22(25-4-3-13-41-25)14-26(32)34-29(28)35;11-8-4-6(7-2-1-3-15-7)9-10(14-8)13-5-12-9/h3-14,17,23-24,27H,15-16H2,1-2H3,(H2,32,34);1-5H,(H3,11,12,13,14)/t23-,24-,27-;/m1./s1. The first-order chi connectivity index (χ1) is 27.2. The normalized spacial score (nSPS) is 16.4. The van der Waals surface area contributed by atoms with Crippen molar-refractivity contribution in [1.82, 2.24) is 29.5 Å². The average molecular weight is 785 g/mol. The van der Waals surface area contributed by atoms with Crippen molar-refractivity contribution in [2.75, 3.05) is 18.1 Å². The number of nitrogens with two attached hydrogens (primary N) is 2. The van der Waals surface area contributed by atoms with E-state index in [0.717, 1.165) is 32.6 Å². The van der Waals surface area contributed by atoms with Crippen molar-refractivity contribution >= 4 is 68.6 Å². The van der Waals surface area contributed by atoms with Crippen LogP contribution in [0.3, 0.4) is 0 Å². The number of anilines is 2. The van der Waals surface area contributed by atoms with E-state index in [0.29, 0.717) is 46.0 Å². The Balaban J connectivity index is 0.000000244. The number of pyridine rings is 2. The predicted molar refractivity (Wildman–Crippen MR) is 217 cm³/mol. The van der Waals surface area contributed by atoms with Gasteiger partial charge in [0.05, 0.1) is 29.3 Å². The number of carbonyl (C=O) groups excluding carboxylic acids is 2. The van der Waals surface area contributed by atoms with Crippen LogP contribution in [-0.4, -0.2) is 60.2 Å². The summed E-state index contributed by atoms with van der Waals surface area (Å²) in [5.41, 5.74) is 19.6. The summed E-state index contributed by atoms with van der Waals surface area (Å²) in [4.78, 5) is 48.5. The third kappa shape index (κ3) is 7.73. The van der Waals surface area contributed by atoms with Gasteiger partial charge in [0.25, 0.3) is 0 Å². The minimum atomic E-state index is -0.709. The van der Waals surface area contributed by atoms with E-state index in [1.54, 1.807) is 70.2 Å². The smallest absolute Gasteiger partial charge is 0.338 e. The highest BCUT2D eigenvalue weighted by molar-refractivity contribution is 7.14. The molecule has 1 aliphatic heterocycles. The van der Waals surface area contributed by atoms with E-state index in [-0.39, 0.29) is 6.61 Å². The number of ether oxygens (including phenoxy) is 3. The molecule has 3 atom stereocenters. The number of hydrogen-bond acceptors (Lipinski definition) is 13. The molecule has 0 spiro atoms. The van der Waals surface area contributed by atoms with Crippen LogP contribution in [-0.2, 0) is 14.2 Å². The van der Waals surface area contributed by atoms with Crippen LogP contribution in [0.1, 0.15) is 44.5 Å². The number of carbonyl (C=O) groups is 2. The van der Waals surface area contributed by atoms with Gasteiger partial charge in [-0.15, -0.1) is 22.7 Å². The highest BCUT2D eigenvalue weighted by Crippen LogP contribution is 2.37. The summed E-state index contributed by atoms with van der Waals surface area (Å²) in [5.74, 6) is -0.111. The number of rotatable bonds is 8. The lowest BCUT2D eigenvalue weighted by molar-refractivity contribution is -0.0563. The van der Waals surface area contributed by atoms with Crippen LogP contribution in [0.5, 0.6) is 0 Å². The van der Waals surface area contributed by atoms with E-state index in [9.17, 15) is 9.59 Å². The number of aryl methyl sites for hydroxylation is 2. The summed E-state index contributed by atoms with van der Waals surface area (Å²) in [6.45, 7) is 3.79. The molecule has 0 bridgehead atoms. The Labute approximate surface area is 328 Å². The predicted octanol–water partition coefficient (Wildman–Crippen LogP) is 8.00. The number of aromatic nitrogens is 6. The molecule has 0 aliphatic carbocycles. The molecular formula is C41H36N8O5S2. The van der Waals surface area contributed by atoms with E-state index in [4.69, 9.17) is 25.7 Å². The van der Waals surface area contributed by atoms with Crippen LogP contribution < -0.4 is 11.5 Å². The Hall–Kier alpha value is -6.42. The van der Waals surface area contributed by atoms with Crippen molar-refractivity contribution < 1.29 is 23.8 Å². The van der Waals surface area contributed by atoms with Gasteiger partial charge in [0.1, 0.15) is 42.2 Å². The fraction of sp³-hybridized carbons (Fsp3) is 0.171. The van der Waals surface area contributed by atoms with Crippen molar-refractivity contribution in [3.05, 3.63) is 131 Å². The number of fused-ring (bicyclic) bond motifs is 2. The molecule has 0 radical (unpaired) electrons. The van der Waals surface area contributed by atoms with Gasteiger partial charge in [-0.2, -0.15) is 0 Å². The lowest BCUT2D eigenvalue weighted by Gasteiger charge is -2.19. The van der Waals surface area contributed by atoms with E-state index in [1.165, 1.54) is 4.88 Å². The zero-order valence-electron chi connectivity index (χ0n) is 30.3. The molecule has 5 N–H and O–H groups in total. The van der Waals surface area contributed by atoms with Crippen molar-refractivity contribution in [2.24, 2.45) is 0 Å². The molecule has 0 unspecified atom stereocenters. The molecule has 56 heavy (non-hydrogen) atoms. The van der Waals surface area contributed by atoms with Crippen LogP contribution in [0.15, 0.2) is 108 Å². The van der Waals surface area contributed by atoms with Gasteiger partial charge in [0.15, 0.2) is 11.3 Å². The second-order valence-corrected chi connectivity index (χ2v) is 15.1.